The van der Waals surface area contributed by atoms with Gasteiger partial charge in [-0.2, -0.15) is 0 Å². The Morgan fingerprint density at radius 1 is 0.958 bits per heavy atom. The number of imidazole rings is 1. The molecule has 0 fully saturated rings. The van der Waals surface area contributed by atoms with E-state index >= 15 is 0 Å². The van der Waals surface area contributed by atoms with Gasteiger partial charge in [0, 0.05) is 11.1 Å². The number of ketones is 1. The van der Waals surface area contributed by atoms with Gasteiger partial charge in [-0.1, -0.05) is 71.4 Å². The molecule has 0 saturated carbocycles. The molecule has 0 aliphatic heterocycles. The summed E-state index contributed by atoms with van der Waals surface area (Å²) < 4.78 is 0. The summed E-state index contributed by atoms with van der Waals surface area (Å²) in [5.74, 6) is 0.568. The highest BCUT2D eigenvalue weighted by Crippen LogP contribution is 2.33. The maximum atomic E-state index is 11.3. The molecule has 0 spiro atoms. The first-order valence-corrected chi connectivity index (χ1v) is 8.88. The van der Waals surface area contributed by atoms with Crippen LogP contribution in [0.4, 0.5) is 0 Å². The molecule has 122 valence electrons. The average Bonchev–Trinajstić information content (AvgIpc) is 2.98. The normalized spacial score (nSPS) is 10.8. The van der Waals surface area contributed by atoms with Crippen LogP contribution >= 0.6 is 11.8 Å². The first-order chi connectivity index (χ1) is 11.5. The molecule has 3 nitrogen and oxygen atoms in total. The highest BCUT2D eigenvalue weighted by Gasteiger charge is 2.14. The number of nitrogens with one attached hydrogen (secondary N) is 1. The lowest BCUT2D eigenvalue weighted by Gasteiger charge is -2.04. The first-order valence-electron chi connectivity index (χ1n) is 7.89. The van der Waals surface area contributed by atoms with Gasteiger partial charge in [0.15, 0.2) is 5.16 Å². The quantitative estimate of drug-likeness (QED) is 0.664. The summed E-state index contributed by atoms with van der Waals surface area (Å²) in [6.45, 7) is 5.74. The highest BCUT2D eigenvalue weighted by atomic mass is 32.2. The number of thioether (sulfide) groups is 1. The van der Waals surface area contributed by atoms with Crippen LogP contribution < -0.4 is 0 Å². The van der Waals surface area contributed by atoms with Crippen molar-refractivity contribution >= 4 is 17.5 Å². The topological polar surface area (TPSA) is 45.8 Å². The number of carbonyl (C=O) groups excluding carboxylic acids is 1. The SMILES string of the molecule is CC(=O)CSc1nc(-c2ccc(C)cc2)c(-c2ccc(C)cc2)[nH]1. The Labute approximate surface area is 146 Å². The fourth-order valence-corrected chi connectivity index (χ4v) is 3.11. The summed E-state index contributed by atoms with van der Waals surface area (Å²) in [5, 5.41) is 0.774. The van der Waals surface area contributed by atoms with Crippen LogP contribution in [0.25, 0.3) is 22.5 Å². The lowest BCUT2D eigenvalue weighted by Crippen LogP contribution is -1.93. The van der Waals surface area contributed by atoms with Crippen LogP contribution in [0, 0.1) is 13.8 Å². The van der Waals surface area contributed by atoms with E-state index in [1.165, 1.54) is 22.9 Å². The van der Waals surface area contributed by atoms with E-state index in [0.29, 0.717) is 5.75 Å². The number of benzene rings is 2. The molecule has 24 heavy (non-hydrogen) atoms. The van der Waals surface area contributed by atoms with Gasteiger partial charge in [0.2, 0.25) is 0 Å². The highest BCUT2D eigenvalue weighted by molar-refractivity contribution is 7.99. The molecule has 0 amide bonds. The molecule has 1 N–H and O–H groups in total. The molecule has 3 aromatic rings. The summed E-state index contributed by atoms with van der Waals surface area (Å²) >= 11 is 1.44. The summed E-state index contributed by atoms with van der Waals surface area (Å²) in [5.41, 5.74) is 6.52. The third kappa shape index (κ3) is 3.77. The molecule has 0 radical (unpaired) electrons. The Bertz CT molecular complexity index is 785. The zero-order chi connectivity index (χ0) is 17.1. The number of aromatic nitrogens is 2. The van der Waals surface area contributed by atoms with Gasteiger partial charge < -0.3 is 4.98 Å². The van der Waals surface area contributed by atoms with Crippen molar-refractivity contribution < 1.29 is 4.79 Å². The minimum absolute atomic E-state index is 0.144. The lowest BCUT2D eigenvalue weighted by atomic mass is 10.0. The first kappa shape index (κ1) is 16.5. The van der Waals surface area contributed by atoms with E-state index in [2.05, 4.69) is 67.4 Å². The van der Waals surface area contributed by atoms with Gasteiger partial charge in [-0.05, 0) is 20.8 Å². The molecule has 2 aromatic carbocycles. The molecule has 0 saturated heterocycles. The Balaban J connectivity index is 2.05. The van der Waals surface area contributed by atoms with Gasteiger partial charge in [-0.15, -0.1) is 0 Å². The zero-order valence-corrected chi connectivity index (χ0v) is 14.9. The minimum Gasteiger partial charge on any atom is -0.332 e. The third-order valence-electron chi connectivity index (χ3n) is 3.76. The van der Waals surface area contributed by atoms with E-state index in [1.807, 2.05) is 0 Å². The second kappa shape index (κ2) is 7.05. The predicted octanol–water partition coefficient (Wildman–Crippen LogP) is 5.04. The number of aryl methyl sites for hydroxylation is 2. The summed E-state index contributed by atoms with van der Waals surface area (Å²) in [7, 11) is 0. The standard InChI is InChI=1S/C20H20N2OS/c1-13-4-8-16(9-5-13)18-19(17-10-6-14(2)7-11-17)22-20(21-18)24-12-15(3)23/h4-11H,12H2,1-3H3,(H,21,22). The van der Waals surface area contributed by atoms with Gasteiger partial charge >= 0.3 is 0 Å². The van der Waals surface area contributed by atoms with Gasteiger partial charge in [0.25, 0.3) is 0 Å². The molecule has 0 unspecified atom stereocenters. The number of carbonyl (C=O) groups is 1. The van der Waals surface area contributed by atoms with E-state index < -0.39 is 0 Å². The van der Waals surface area contributed by atoms with Crippen molar-refractivity contribution in [1.82, 2.24) is 9.97 Å². The predicted molar refractivity (Wildman–Crippen MR) is 100 cm³/mol. The minimum atomic E-state index is 0.144. The lowest BCUT2D eigenvalue weighted by molar-refractivity contribution is -0.114. The van der Waals surface area contributed by atoms with Crippen molar-refractivity contribution in [1.29, 1.82) is 0 Å². The Kier molecular flexibility index (Phi) is 4.86. The van der Waals surface area contributed by atoms with Gasteiger partial charge in [-0.25, -0.2) is 4.98 Å². The van der Waals surface area contributed by atoms with E-state index in [1.54, 1.807) is 6.92 Å². The van der Waals surface area contributed by atoms with Gasteiger partial charge in [0.05, 0.1) is 17.1 Å². The molecular formula is C20H20N2OS. The Morgan fingerprint density at radius 3 is 2.04 bits per heavy atom. The van der Waals surface area contributed by atoms with E-state index in [4.69, 9.17) is 4.98 Å². The molecule has 0 atom stereocenters. The van der Waals surface area contributed by atoms with E-state index in [-0.39, 0.29) is 5.78 Å². The molecule has 4 heteroatoms. The molecular weight excluding hydrogens is 316 g/mol. The molecule has 0 aliphatic carbocycles. The van der Waals surface area contributed by atoms with Gasteiger partial charge in [0.1, 0.15) is 5.78 Å². The number of hydrogen-bond acceptors (Lipinski definition) is 3. The number of aromatic amines is 1. The Hall–Kier alpha value is -2.33. The van der Waals surface area contributed by atoms with Crippen molar-refractivity contribution in [2.75, 3.05) is 5.75 Å². The van der Waals surface area contributed by atoms with Crippen molar-refractivity contribution in [2.24, 2.45) is 0 Å². The maximum absolute atomic E-state index is 11.3. The number of H-pyrrole nitrogens is 1. The average molecular weight is 336 g/mol. The molecule has 0 aliphatic rings. The number of nitrogens with zero attached hydrogens (tertiary/aromatic N) is 1. The molecule has 3 rings (SSSR count). The molecule has 0 bridgehead atoms. The smallest absolute Gasteiger partial charge is 0.166 e. The largest absolute Gasteiger partial charge is 0.332 e. The number of hydrogen-bond donors (Lipinski definition) is 1. The Morgan fingerprint density at radius 2 is 1.50 bits per heavy atom. The summed E-state index contributed by atoms with van der Waals surface area (Å²) in [4.78, 5) is 19.4. The fraction of sp³-hybridized carbons (Fsp3) is 0.200. The second-order valence-corrected chi connectivity index (χ2v) is 6.95. The van der Waals surface area contributed by atoms with Crippen LogP contribution in [-0.4, -0.2) is 21.5 Å². The zero-order valence-electron chi connectivity index (χ0n) is 14.1. The van der Waals surface area contributed by atoms with Crippen LogP contribution in [0.3, 0.4) is 0 Å². The summed E-state index contributed by atoms with van der Waals surface area (Å²) in [6.07, 6.45) is 0. The van der Waals surface area contributed by atoms with E-state index in [9.17, 15) is 4.79 Å². The molecule has 1 heterocycles. The third-order valence-corrected chi connectivity index (χ3v) is 4.78. The van der Waals surface area contributed by atoms with Crippen molar-refractivity contribution in [2.45, 2.75) is 25.9 Å². The van der Waals surface area contributed by atoms with E-state index in [0.717, 1.165) is 27.7 Å². The fourth-order valence-electron chi connectivity index (χ4n) is 2.44. The summed E-state index contributed by atoms with van der Waals surface area (Å²) in [6, 6.07) is 16.7. The van der Waals surface area contributed by atoms with Crippen molar-refractivity contribution in [3.8, 4) is 22.5 Å². The van der Waals surface area contributed by atoms with Gasteiger partial charge in [-0.3, -0.25) is 4.79 Å². The number of Topliss-reactive ketones (excluding diaryl/α,β-unsaturated/α-hetero) is 1. The van der Waals surface area contributed by atoms with Crippen LogP contribution in [0.1, 0.15) is 18.1 Å². The second-order valence-electron chi connectivity index (χ2n) is 5.99. The van der Waals surface area contributed by atoms with Crippen molar-refractivity contribution in [3.05, 3.63) is 59.7 Å². The van der Waals surface area contributed by atoms with Crippen LogP contribution in [0.15, 0.2) is 53.7 Å². The van der Waals surface area contributed by atoms with Crippen molar-refractivity contribution in [3.63, 3.8) is 0 Å². The van der Waals surface area contributed by atoms with Crippen LogP contribution in [0.5, 0.6) is 0 Å². The van der Waals surface area contributed by atoms with Crippen LogP contribution in [0.2, 0.25) is 0 Å². The van der Waals surface area contributed by atoms with Crippen LogP contribution in [-0.2, 0) is 4.79 Å². The molecule has 1 aromatic heterocycles. The maximum Gasteiger partial charge on any atom is 0.166 e. The number of rotatable bonds is 5. The monoisotopic (exact) mass is 336 g/mol.